The van der Waals surface area contributed by atoms with Gasteiger partial charge in [-0.25, -0.2) is 4.98 Å². The Balaban J connectivity index is 1.99. The van der Waals surface area contributed by atoms with Crippen LogP contribution in [0.2, 0.25) is 0 Å². The molecule has 4 heteroatoms. The lowest BCUT2D eigenvalue weighted by Crippen LogP contribution is -2.05. The molecule has 0 spiro atoms. The minimum Gasteiger partial charge on any atom is -0.494 e. The van der Waals surface area contributed by atoms with Gasteiger partial charge in [0.15, 0.2) is 5.16 Å². The normalized spacial score (nSPS) is 13.1. The number of aromatic nitrogens is 2. The first-order valence-electron chi connectivity index (χ1n) is 6.73. The highest BCUT2D eigenvalue weighted by atomic mass is 32.2. The molecular formula is C16H14N2OS. The molecule has 3 nitrogen and oxygen atoms in total. The first-order chi connectivity index (χ1) is 9.86. The number of hydrogen-bond donors (Lipinski definition) is 0. The van der Waals surface area contributed by atoms with Gasteiger partial charge in [0.1, 0.15) is 5.75 Å². The van der Waals surface area contributed by atoms with Gasteiger partial charge in [-0.05, 0) is 30.7 Å². The zero-order chi connectivity index (χ0) is 13.5. The summed E-state index contributed by atoms with van der Waals surface area (Å²) >= 11 is 1.79. The first-order valence-corrected chi connectivity index (χ1v) is 7.72. The summed E-state index contributed by atoms with van der Waals surface area (Å²) in [6.07, 6.45) is 0. The van der Waals surface area contributed by atoms with Crippen LogP contribution in [-0.2, 0) is 5.75 Å². The Labute approximate surface area is 121 Å². The Morgan fingerprint density at radius 2 is 2.15 bits per heavy atom. The quantitative estimate of drug-likeness (QED) is 0.710. The summed E-state index contributed by atoms with van der Waals surface area (Å²) in [6.45, 7) is 2.68. The second-order valence-electron chi connectivity index (χ2n) is 4.73. The van der Waals surface area contributed by atoms with Crippen LogP contribution in [0.4, 0.5) is 0 Å². The molecule has 0 fully saturated rings. The van der Waals surface area contributed by atoms with Gasteiger partial charge >= 0.3 is 0 Å². The molecule has 100 valence electrons. The summed E-state index contributed by atoms with van der Waals surface area (Å²) in [5, 5.41) is 1.06. The van der Waals surface area contributed by atoms with E-state index in [4.69, 9.17) is 9.72 Å². The topological polar surface area (TPSA) is 27.1 Å². The van der Waals surface area contributed by atoms with E-state index in [0.717, 1.165) is 27.7 Å². The van der Waals surface area contributed by atoms with Crippen molar-refractivity contribution in [3.8, 4) is 11.4 Å². The van der Waals surface area contributed by atoms with Gasteiger partial charge in [0, 0.05) is 11.8 Å². The molecule has 20 heavy (non-hydrogen) atoms. The second kappa shape index (κ2) is 4.56. The van der Waals surface area contributed by atoms with Gasteiger partial charge in [0.05, 0.1) is 23.3 Å². The molecule has 0 amide bonds. The first kappa shape index (κ1) is 11.9. The minimum absolute atomic E-state index is 0.678. The van der Waals surface area contributed by atoms with E-state index in [0.29, 0.717) is 6.61 Å². The largest absolute Gasteiger partial charge is 0.494 e. The van der Waals surface area contributed by atoms with E-state index < -0.39 is 0 Å². The predicted octanol–water partition coefficient (Wildman–Crippen LogP) is 4.03. The molecular weight excluding hydrogens is 268 g/mol. The predicted molar refractivity (Wildman–Crippen MR) is 81.8 cm³/mol. The van der Waals surface area contributed by atoms with Crippen molar-refractivity contribution in [2.24, 2.45) is 0 Å². The molecule has 0 atom stereocenters. The van der Waals surface area contributed by atoms with Crippen molar-refractivity contribution in [2.75, 3.05) is 6.61 Å². The van der Waals surface area contributed by atoms with Crippen LogP contribution in [-0.4, -0.2) is 16.2 Å². The van der Waals surface area contributed by atoms with E-state index >= 15 is 0 Å². The van der Waals surface area contributed by atoms with Crippen molar-refractivity contribution in [1.82, 2.24) is 9.55 Å². The molecule has 0 aliphatic carbocycles. The van der Waals surface area contributed by atoms with Crippen molar-refractivity contribution < 1.29 is 4.74 Å². The molecule has 3 aromatic rings. The smallest absolute Gasteiger partial charge is 0.174 e. The summed E-state index contributed by atoms with van der Waals surface area (Å²) in [4.78, 5) is 4.72. The maximum absolute atomic E-state index is 5.61. The molecule has 0 radical (unpaired) electrons. The zero-order valence-corrected chi connectivity index (χ0v) is 12.0. The summed E-state index contributed by atoms with van der Waals surface area (Å²) in [5.41, 5.74) is 4.72. The highest BCUT2D eigenvalue weighted by Crippen LogP contribution is 2.37. The number of hydrogen-bond acceptors (Lipinski definition) is 3. The van der Waals surface area contributed by atoms with Crippen LogP contribution < -0.4 is 4.74 Å². The standard InChI is InChI=1S/C16H14N2OS/c1-2-19-12-7-8-13-15(9-12)18-14-6-4-3-5-11(14)10-20-16(18)17-13/h3-9H,2,10H2,1H3. The van der Waals surface area contributed by atoms with Gasteiger partial charge in [0.2, 0.25) is 0 Å². The number of rotatable bonds is 2. The van der Waals surface area contributed by atoms with Crippen LogP contribution in [0.1, 0.15) is 12.5 Å². The molecule has 1 aliphatic rings. The molecule has 1 aliphatic heterocycles. The van der Waals surface area contributed by atoms with E-state index in [-0.39, 0.29) is 0 Å². The Bertz CT molecular complexity index is 794. The summed E-state index contributed by atoms with van der Waals surface area (Å²) < 4.78 is 7.85. The average Bonchev–Trinajstić information content (AvgIpc) is 2.86. The fraction of sp³-hybridized carbons (Fsp3) is 0.188. The Morgan fingerprint density at radius 1 is 1.25 bits per heavy atom. The highest BCUT2D eigenvalue weighted by Gasteiger charge is 2.20. The molecule has 0 bridgehead atoms. The third-order valence-electron chi connectivity index (χ3n) is 3.50. The van der Waals surface area contributed by atoms with Gasteiger partial charge in [-0.3, -0.25) is 4.57 Å². The number of ether oxygens (including phenoxy) is 1. The lowest BCUT2D eigenvalue weighted by atomic mass is 10.2. The van der Waals surface area contributed by atoms with Crippen LogP contribution >= 0.6 is 11.8 Å². The fourth-order valence-corrected chi connectivity index (χ4v) is 3.63. The molecule has 2 aromatic carbocycles. The maximum Gasteiger partial charge on any atom is 0.174 e. The molecule has 0 saturated heterocycles. The number of benzene rings is 2. The monoisotopic (exact) mass is 282 g/mol. The van der Waals surface area contributed by atoms with Crippen LogP contribution in [0.25, 0.3) is 16.7 Å². The van der Waals surface area contributed by atoms with Gasteiger partial charge in [-0.15, -0.1) is 0 Å². The van der Waals surface area contributed by atoms with Crippen LogP contribution in [0, 0.1) is 0 Å². The number of nitrogens with zero attached hydrogens (tertiary/aromatic N) is 2. The Kier molecular flexibility index (Phi) is 2.70. The molecule has 0 saturated carbocycles. The van der Waals surface area contributed by atoms with Crippen molar-refractivity contribution in [2.45, 2.75) is 17.8 Å². The van der Waals surface area contributed by atoms with Gasteiger partial charge in [-0.2, -0.15) is 0 Å². The maximum atomic E-state index is 5.61. The minimum atomic E-state index is 0.678. The van der Waals surface area contributed by atoms with Crippen molar-refractivity contribution in [3.05, 3.63) is 48.0 Å². The lowest BCUT2D eigenvalue weighted by Gasteiger charge is -2.18. The second-order valence-corrected chi connectivity index (χ2v) is 5.67. The van der Waals surface area contributed by atoms with E-state index in [1.54, 1.807) is 11.8 Å². The van der Waals surface area contributed by atoms with E-state index in [9.17, 15) is 0 Å². The molecule has 4 rings (SSSR count). The summed E-state index contributed by atoms with van der Waals surface area (Å²) in [5.74, 6) is 1.88. The third kappa shape index (κ3) is 1.72. The van der Waals surface area contributed by atoms with Gasteiger partial charge in [0.25, 0.3) is 0 Å². The SMILES string of the molecule is CCOc1ccc2nc3n(c2c1)-c1ccccc1CS3. The number of fused-ring (bicyclic) bond motifs is 5. The van der Waals surface area contributed by atoms with Crippen LogP contribution in [0.15, 0.2) is 47.6 Å². The zero-order valence-electron chi connectivity index (χ0n) is 11.2. The highest BCUT2D eigenvalue weighted by molar-refractivity contribution is 7.98. The van der Waals surface area contributed by atoms with E-state index in [1.165, 1.54) is 11.3 Å². The van der Waals surface area contributed by atoms with Gasteiger partial charge < -0.3 is 4.74 Å². The summed E-state index contributed by atoms with van der Waals surface area (Å²) in [6, 6.07) is 14.6. The van der Waals surface area contributed by atoms with Crippen molar-refractivity contribution in [1.29, 1.82) is 0 Å². The third-order valence-corrected chi connectivity index (χ3v) is 4.48. The van der Waals surface area contributed by atoms with Crippen LogP contribution in [0.5, 0.6) is 5.75 Å². The lowest BCUT2D eigenvalue weighted by molar-refractivity contribution is 0.340. The molecule has 1 aromatic heterocycles. The van der Waals surface area contributed by atoms with E-state index in [2.05, 4.69) is 34.9 Å². The summed E-state index contributed by atoms with van der Waals surface area (Å²) in [7, 11) is 0. The number of thioether (sulfide) groups is 1. The number of imidazole rings is 1. The Hall–Kier alpha value is -1.94. The molecule has 0 N–H and O–H groups in total. The van der Waals surface area contributed by atoms with Crippen molar-refractivity contribution >= 4 is 22.8 Å². The van der Waals surface area contributed by atoms with E-state index in [1.807, 2.05) is 19.1 Å². The van der Waals surface area contributed by atoms with Crippen LogP contribution in [0.3, 0.4) is 0 Å². The van der Waals surface area contributed by atoms with Crippen molar-refractivity contribution in [3.63, 3.8) is 0 Å². The average molecular weight is 282 g/mol. The molecule has 2 heterocycles. The Morgan fingerprint density at radius 3 is 3.05 bits per heavy atom. The number of para-hydroxylation sites is 1. The fourth-order valence-electron chi connectivity index (χ4n) is 2.61. The van der Waals surface area contributed by atoms with Gasteiger partial charge in [-0.1, -0.05) is 30.0 Å². The molecule has 0 unspecified atom stereocenters.